The number of nitrogens with two attached hydrogens (primary N) is 1. The fourth-order valence-electron chi connectivity index (χ4n) is 15.1. The van der Waals surface area contributed by atoms with Crippen LogP contribution >= 0.6 is 27.5 Å². The number of halogens is 12. The van der Waals surface area contributed by atoms with Crippen molar-refractivity contribution in [2.24, 2.45) is 5.73 Å². The molecule has 6 N–H and O–H groups in total. The van der Waals surface area contributed by atoms with Crippen LogP contribution in [0.3, 0.4) is 0 Å². The van der Waals surface area contributed by atoms with Gasteiger partial charge in [0, 0.05) is 58.2 Å². The van der Waals surface area contributed by atoms with Crippen molar-refractivity contribution in [2.45, 2.75) is 168 Å². The van der Waals surface area contributed by atoms with Gasteiger partial charge in [-0.15, -0.1) is 0 Å². The van der Waals surface area contributed by atoms with E-state index < -0.39 is 117 Å². The first-order valence-corrected chi connectivity index (χ1v) is 42.0. The van der Waals surface area contributed by atoms with Crippen molar-refractivity contribution >= 4 is 102 Å². The summed E-state index contributed by atoms with van der Waals surface area (Å²) in [5.74, 6) is -23.3. The molecule has 117 heavy (non-hydrogen) atoms. The highest BCUT2D eigenvalue weighted by Gasteiger charge is 2.49. The van der Waals surface area contributed by atoms with Gasteiger partial charge in [-0.2, -0.15) is 23.9 Å². The lowest BCUT2D eigenvalue weighted by Crippen LogP contribution is -2.59. The van der Waals surface area contributed by atoms with E-state index in [9.17, 15) is 84.7 Å². The van der Waals surface area contributed by atoms with E-state index in [1.807, 2.05) is 54.6 Å². The zero-order chi connectivity index (χ0) is 83.6. The number of rotatable bonds is 16. The van der Waals surface area contributed by atoms with Gasteiger partial charge in [-0.1, -0.05) is 147 Å². The van der Waals surface area contributed by atoms with Crippen LogP contribution in [0.4, 0.5) is 55.3 Å². The second kappa shape index (κ2) is 38.1. The van der Waals surface area contributed by atoms with Gasteiger partial charge >= 0.3 is 0 Å². The predicted molar refractivity (Wildman–Crippen MR) is 426 cm³/mol. The molecule has 5 heterocycles. The van der Waals surface area contributed by atoms with Crippen LogP contribution in [0.2, 0.25) is 0 Å². The van der Waals surface area contributed by atoms with Gasteiger partial charge in [0.2, 0.25) is 42.8 Å². The van der Waals surface area contributed by atoms with Gasteiger partial charge in [-0.05, 0) is 169 Å². The minimum Gasteiger partial charge on any atom is -0.381 e. The highest BCUT2D eigenvalue weighted by molar-refractivity contribution is 9.10. The quantitative estimate of drug-likeness (QED) is 0.0260. The van der Waals surface area contributed by atoms with E-state index >= 15 is 0 Å². The molecule has 3 aromatic heterocycles. The molecule has 2 saturated heterocycles. The summed E-state index contributed by atoms with van der Waals surface area (Å²) in [4.78, 5) is 57.3. The molecule has 16 rings (SSSR count). The van der Waals surface area contributed by atoms with Gasteiger partial charge in [-0.25, -0.2) is 76.0 Å². The highest BCUT2D eigenvalue weighted by Crippen LogP contribution is 2.40. The highest BCUT2D eigenvalue weighted by atomic mass is 79.9. The largest absolute Gasteiger partial charge is 0.381 e. The molecule has 3 saturated carbocycles. The molecular weight excluding hydrogens is 1660 g/mol. The van der Waals surface area contributed by atoms with Crippen LogP contribution in [0.1, 0.15) is 160 Å². The van der Waals surface area contributed by atoms with Crippen LogP contribution in [-0.2, 0) is 49.3 Å². The second-order valence-electron chi connectivity index (χ2n) is 29.1. The van der Waals surface area contributed by atoms with Crippen LogP contribution < -0.4 is 32.6 Å². The molecular formula is C83H79BrClF10N11O9S2. The number of benzene rings is 8. The van der Waals surface area contributed by atoms with E-state index in [2.05, 4.69) is 100 Å². The monoisotopic (exact) mass is 1740 g/mol. The SMILES string of the molecule is NCc1ccc(C2CCCCC2)cc1.O=C(Cl)[C@H]1CCN1S(=O)(=O)c1c(F)c(F)c(F)c(F)c1F.O=C([C@H]1CCN1S(=O)(=O)c1c(F)c(F)c(F)c(F)c1F)N(Cc1ccc(C2CCCCC2)cc1)c1ccc2c(=O)[nH]ncc2c1.O=c1[nH]ncc2cc(Br)ccc12.O=c1[nH]ncc2cc(NCc3ccc(C4CCCCC4)cc3)ccc12. The number of aromatic nitrogens is 6. The van der Waals surface area contributed by atoms with Crippen molar-refractivity contribution in [3.8, 4) is 0 Å². The van der Waals surface area contributed by atoms with Crippen LogP contribution in [0.25, 0.3) is 32.3 Å². The zero-order valence-electron chi connectivity index (χ0n) is 62.6. The lowest BCUT2D eigenvalue weighted by Gasteiger charge is -2.41. The summed E-state index contributed by atoms with van der Waals surface area (Å²) >= 11 is 8.41. The Hall–Kier alpha value is -10.0. The summed E-state index contributed by atoms with van der Waals surface area (Å²) in [7, 11) is -10.4. The minimum absolute atomic E-state index is 0.0169. The standard InChI is InChI=1S/C31H27F5N4O4S.C21H23N3O.C13H19N.C10H5ClF5NO3S.C8H5BrN2O/c32-24-25(33)27(35)29(28(36)26(24)34)45(43,44)40-13-12-23(40)31(42)39(21-10-11-22-20(14-21)15-37-38-30(22)41)16-17-6-8-19(9-7-17)18-4-2-1-3-5-18;25-21-20-11-10-19(12-18(20)14-23-24-21)22-13-15-6-8-17(9-7-15)16-4-2-1-3-5-16;14-10-11-6-8-13(9-7-11)12-4-2-1-3-5-12;11-10(18)3-1-2-17(3)21(19,20)9-7(15)5(13)4(12)6(14)8(9)16;9-6-1-2-7-5(3-6)4-10-11-8(7)12/h6-11,14-15,18,23H,1-5,12-13,16H2,(H,38,41);6-12,14,16,22H,1-5,13H2,(H,24,25);6-9,12H,1-5,10,14H2;3H,1-2H2;1-4H,(H,11,12)/t23-;;;3-;/m1..1./s1. The summed E-state index contributed by atoms with van der Waals surface area (Å²) in [5.41, 5.74) is 13.5. The third-order valence-corrected chi connectivity index (χ3v) is 26.3. The van der Waals surface area contributed by atoms with Crippen molar-refractivity contribution in [3.05, 3.63) is 273 Å². The zero-order valence-corrected chi connectivity index (χ0v) is 66.6. The number of fused-ring (bicyclic) bond motifs is 3. The van der Waals surface area contributed by atoms with Gasteiger partial charge < -0.3 is 16.0 Å². The van der Waals surface area contributed by atoms with Gasteiger partial charge in [0.15, 0.2) is 56.3 Å². The maximum atomic E-state index is 14.6. The molecule has 3 aliphatic carbocycles. The topological polar surface area (TPSA) is 287 Å². The van der Waals surface area contributed by atoms with E-state index in [0.717, 1.165) is 65.0 Å². The third kappa shape index (κ3) is 19.6. The molecule has 11 aromatic rings. The molecule has 616 valence electrons. The Labute approximate surface area is 678 Å². The fraction of sp³-hybridized carbons (Fsp3) is 0.325. The molecule has 0 spiro atoms. The maximum Gasteiger partial charge on any atom is 0.272 e. The Morgan fingerprint density at radius 1 is 0.453 bits per heavy atom. The number of hydrogen-bond acceptors (Lipinski definition) is 14. The average molecular weight is 1740 g/mol. The lowest BCUT2D eigenvalue weighted by molar-refractivity contribution is -0.125. The van der Waals surface area contributed by atoms with Crippen molar-refractivity contribution in [1.29, 1.82) is 0 Å². The number of carbonyl (C=O) groups is 2. The lowest BCUT2D eigenvalue weighted by atomic mass is 9.84. The van der Waals surface area contributed by atoms with Crippen LogP contribution in [0.15, 0.2) is 175 Å². The van der Waals surface area contributed by atoms with Gasteiger partial charge in [0.1, 0.15) is 12.1 Å². The first-order valence-electron chi connectivity index (χ1n) is 37.9. The van der Waals surface area contributed by atoms with E-state index in [-0.39, 0.29) is 59.0 Å². The Morgan fingerprint density at radius 3 is 1.21 bits per heavy atom. The summed E-state index contributed by atoms with van der Waals surface area (Å²) in [6.45, 7) is 0.668. The molecule has 0 radical (unpaired) electrons. The van der Waals surface area contributed by atoms with Gasteiger partial charge in [0.25, 0.3) is 16.7 Å². The normalized spacial score (nSPS) is 16.9. The van der Waals surface area contributed by atoms with Crippen LogP contribution in [0.5, 0.6) is 0 Å². The molecule has 20 nitrogen and oxygen atoms in total. The molecule has 8 aromatic carbocycles. The summed E-state index contributed by atoms with van der Waals surface area (Å²) in [6, 6.07) is 38.4. The average Bonchev–Trinajstić information content (AvgIpc) is 0.739. The molecule has 2 atom stereocenters. The Morgan fingerprint density at radius 2 is 0.812 bits per heavy atom. The number of H-pyrrole nitrogens is 3. The second-order valence-corrected chi connectivity index (χ2v) is 34.0. The number of carbonyl (C=O) groups excluding carboxylic acids is 2. The minimum atomic E-state index is -5.33. The number of aromatic amines is 3. The van der Waals surface area contributed by atoms with E-state index in [4.69, 9.17) is 17.3 Å². The van der Waals surface area contributed by atoms with Crippen molar-refractivity contribution < 1.29 is 70.3 Å². The Kier molecular flexibility index (Phi) is 28.1. The fourth-order valence-corrected chi connectivity index (χ4v) is 19.2. The summed E-state index contributed by atoms with van der Waals surface area (Å²) < 4.78 is 189. The number of nitrogens with one attached hydrogen (secondary N) is 4. The van der Waals surface area contributed by atoms with Gasteiger partial charge in [0.05, 0.1) is 41.3 Å². The Balaban J connectivity index is 0.000000147. The predicted octanol–water partition coefficient (Wildman–Crippen LogP) is 17.0. The number of anilines is 2. The molecule has 5 fully saturated rings. The third-order valence-electron chi connectivity index (χ3n) is 21.7. The number of hydrogen-bond donors (Lipinski definition) is 5. The first-order chi connectivity index (χ1) is 56.0. The molecule has 2 aliphatic heterocycles. The van der Waals surface area contributed by atoms with E-state index in [0.29, 0.717) is 38.5 Å². The number of nitrogens with zero attached hydrogens (tertiary/aromatic N) is 6. The van der Waals surface area contributed by atoms with Crippen molar-refractivity contribution in [3.63, 3.8) is 0 Å². The molecule has 1 amide bonds. The van der Waals surface area contributed by atoms with E-state index in [1.54, 1.807) is 18.5 Å². The smallest absolute Gasteiger partial charge is 0.272 e. The number of amides is 1. The van der Waals surface area contributed by atoms with Crippen molar-refractivity contribution in [2.75, 3.05) is 23.3 Å². The maximum absolute atomic E-state index is 14.6. The molecule has 0 bridgehead atoms. The Bertz CT molecular complexity index is 5850. The van der Waals surface area contributed by atoms with E-state index in [1.165, 1.54) is 128 Å². The molecule has 0 unspecified atom stereocenters. The molecule has 34 heteroatoms. The van der Waals surface area contributed by atoms with Crippen LogP contribution in [-0.4, -0.2) is 92.4 Å². The van der Waals surface area contributed by atoms with Crippen LogP contribution in [0, 0.1) is 58.2 Å². The molecule has 5 aliphatic rings. The first kappa shape index (κ1) is 86.3. The van der Waals surface area contributed by atoms with Gasteiger partial charge in [-0.3, -0.25) is 24.0 Å². The van der Waals surface area contributed by atoms with Crippen molar-refractivity contribution in [1.82, 2.24) is 39.2 Å². The summed E-state index contributed by atoms with van der Waals surface area (Å²) in [6.07, 6.45) is 24.1. The summed E-state index contributed by atoms with van der Waals surface area (Å²) in [5, 5.41) is 24.5. The number of sulfonamides is 2.